The average Bonchev–Trinajstić information content (AvgIpc) is 2.58. The summed E-state index contributed by atoms with van der Waals surface area (Å²) in [6, 6.07) is 0.326. The van der Waals surface area contributed by atoms with E-state index in [4.69, 9.17) is 5.73 Å². The van der Waals surface area contributed by atoms with E-state index >= 15 is 0 Å². The Morgan fingerprint density at radius 3 is 2.18 bits per heavy atom. The lowest BCUT2D eigenvalue weighted by molar-refractivity contribution is -0.121. The van der Waals surface area contributed by atoms with Gasteiger partial charge in [-0.15, -0.1) is 0 Å². The van der Waals surface area contributed by atoms with Crippen molar-refractivity contribution in [3.63, 3.8) is 0 Å². The smallest absolute Gasteiger partial charge is 0.220 e. The van der Waals surface area contributed by atoms with Crippen LogP contribution in [0.2, 0.25) is 0 Å². The van der Waals surface area contributed by atoms with Crippen LogP contribution in [0.25, 0.3) is 0 Å². The van der Waals surface area contributed by atoms with Gasteiger partial charge in [0, 0.05) is 12.5 Å². The Labute approximate surface area is 106 Å². The highest BCUT2D eigenvalue weighted by atomic mass is 16.1. The van der Waals surface area contributed by atoms with E-state index in [1.54, 1.807) is 0 Å². The number of amides is 1. The third kappa shape index (κ3) is 3.01. The number of nitrogens with one attached hydrogen (secondary N) is 1. The predicted molar refractivity (Wildman–Crippen MR) is 71.6 cm³/mol. The number of rotatable bonds is 6. The highest BCUT2D eigenvalue weighted by Gasteiger charge is 2.65. The zero-order valence-corrected chi connectivity index (χ0v) is 12.0. The van der Waals surface area contributed by atoms with Gasteiger partial charge >= 0.3 is 0 Å². The van der Waals surface area contributed by atoms with Crippen molar-refractivity contribution in [2.45, 2.75) is 59.9 Å². The minimum atomic E-state index is 0.192. The summed E-state index contributed by atoms with van der Waals surface area (Å²) in [5.41, 5.74) is 5.95. The van der Waals surface area contributed by atoms with Gasteiger partial charge in [0.05, 0.1) is 0 Å². The number of carbonyl (C=O) groups excluding carboxylic acids is 1. The molecule has 0 aromatic carbocycles. The van der Waals surface area contributed by atoms with Crippen molar-refractivity contribution in [1.82, 2.24) is 5.32 Å². The molecular formula is C14H28N2O. The van der Waals surface area contributed by atoms with Crippen LogP contribution in [0.15, 0.2) is 0 Å². The van der Waals surface area contributed by atoms with Crippen LogP contribution in [0.5, 0.6) is 0 Å². The molecule has 1 aliphatic carbocycles. The van der Waals surface area contributed by atoms with Crippen LogP contribution >= 0.6 is 0 Å². The third-order valence-corrected chi connectivity index (χ3v) is 4.85. The van der Waals surface area contributed by atoms with Crippen LogP contribution in [-0.4, -0.2) is 18.5 Å². The molecule has 0 spiro atoms. The van der Waals surface area contributed by atoms with Crippen molar-refractivity contribution in [3.05, 3.63) is 0 Å². The lowest BCUT2D eigenvalue weighted by atomic mass is 10.0. The van der Waals surface area contributed by atoms with Gasteiger partial charge in [-0.2, -0.15) is 0 Å². The molecule has 0 aliphatic heterocycles. The van der Waals surface area contributed by atoms with Crippen LogP contribution in [0.3, 0.4) is 0 Å². The first kappa shape index (κ1) is 14.5. The Morgan fingerprint density at radius 1 is 1.24 bits per heavy atom. The van der Waals surface area contributed by atoms with Gasteiger partial charge in [-0.05, 0) is 36.1 Å². The molecule has 1 fully saturated rings. The van der Waals surface area contributed by atoms with Crippen LogP contribution in [0.4, 0.5) is 0 Å². The lowest BCUT2D eigenvalue weighted by Crippen LogP contribution is -2.29. The number of hydrogen-bond donors (Lipinski definition) is 2. The van der Waals surface area contributed by atoms with Crippen LogP contribution < -0.4 is 11.1 Å². The van der Waals surface area contributed by atoms with E-state index in [1.807, 2.05) is 0 Å². The second-order valence-corrected chi connectivity index (χ2v) is 6.67. The van der Waals surface area contributed by atoms with E-state index in [0.29, 0.717) is 24.9 Å². The molecule has 0 aromatic heterocycles. The normalized spacial score (nSPS) is 23.2. The van der Waals surface area contributed by atoms with Gasteiger partial charge < -0.3 is 11.1 Å². The first-order chi connectivity index (χ1) is 7.73. The second kappa shape index (κ2) is 4.97. The molecule has 0 aromatic rings. The molecule has 100 valence electrons. The van der Waals surface area contributed by atoms with Gasteiger partial charge in [0.15, 0.2) is 0 Å². The molecule has 1 amide bonds. The fourth-order valence-corrected chi connectivity index (χ4v) is 2.60. The van der Waals surface area contributed by atoms with Gasteiger partial charge in [0.1, 0.15) is 0 Å². The first-order valence-corrected chi connectivity index (χ1v) is 6.73. The Bertz CT molecular complexity index is 270. The van der Waals surface area contributed by atoms with E-state index < -0.39 is 0 Å². The van der Waals surface area contributed by atoms with Gasteiger partial charge in [-0.25, -0.2) is 0 Å². The molecule has 1 aliphatic rings. The standard InChI is InChI=1S/C14H28N2O/c1-10(8-9-15)6-7-11(17)16-12-13(2,3)14(12,4)5/h10,12H,6-9,15H2,1-5H3,(H,16,17). The van der Waals surface area contributed by atoms with Gasteiger partial charge in [0.25, 0.3) is 0 Å². The topological polar surface area (TPSA) is 55.1 Å². The van der Waals surface area contributed by atoms with E-state index in [0.717, 1.165) is 12.8 Å². The quantitative estimate of drug-likeness (QED) is 0.748. The molecule has 1 rings (SSSR count). The molecular weight excluding hydrogens is 212 g/mol. The van der Waals surface area contributed by atoms with E-state index in [9.17, 15) is 4.79 Å². The maximum Gasteiger partial charge on any atom is 0.220 e. The number of hydrogen-bond acceptors (Lipinski definition) is 2. The SMILES string of the molecule is CC(CCN)CCC(=O)NC1C(C)(C)C1(C)C. The molecule has 1 unspecified atom stereocenters. The van der Waals surface area contributed by atoms with Crippen molar-refractivity contribution in [2.75, 3.05) is 6.54 Å². The molecule has 3 heteroatoms. The zero-order valence-electron chi connectivity index (χ0n) is 12.0. The summed E-state index contributed by atoms with van der Waals surface area (Å²) in [6.07, 6.45) is 2.58. The average molecular weight is 240 g/mol. The van der Waals surface area contributed by atoms with Gasteiger partial charge in [0.2, 0.25) is 5.91 Å². The maximum absolute atomic E-state index is 11.8. The predicted octanol–water partition coefficient (Wildman–Crippen LogP) is 2.30. The van der Waals surface area contributed by atoms with Crippen molar-refractivity contribution < 1.29 is 4.79 Å². The number of carbonyl (C=O) groups is 1. The Hall–Kier alpha value is -0.570. The highest BCUT2D eigenvalue weighted by Crippen LogP contribution is 2.62. The third-order valence-electron chi connectivity index (χ3n) is 4.85. The van der Waals surface area contributed by atoms with E-state index in [-0.39, 0.29) is 16.7 Å². The summed E-state index contributed by atoms with van der Waals surface area (Å²) in [5, 5.41) is 3.16. The summed E-state index contributed by atoms with van der Waals surface area (Å²) in [5.74, 6) is 0.739. The van der Waals surface area contributed by atoms with Crippen LogP contribution in [-0.2, 0) is 4.79 Å². The summed E-state index contributed by atoms with van der Waals surface area (Å²) < 4.78 is 0. The van der Waals surface area contributed by atoms with E-state index in [2.05, 4.69) is 39.9 Å². The van der Waals surface area contributed by atoms with Crippen molar-refractivity contribution >= 4 is 5.91 Å². The fraction of sp³-hybridized carbons (Fsp3) is 0.929. The number of nitrogens with two attached hydrogens (primary N) is 1. The molecule has 0 bridgehead atoms. The molecule has 1 atom stereocenters. The molecule has 3 nitrogen and oxygen atoms in total. The summed E-state index contributed by atoms with van der Waals surface area (Å²) in [4.78, 5) is 11.8. The molecule has 17 heavy (non-hydrogen) atoms. The van der Waals surface area contributed by atoms with Gasteiger partial charge in [-0.3, -0.25) is 4.79 Å². The minimum absolute atomic E-state index is 0.192. The molecule has 0 radical (unpaired) electrons. The molecule has 0 saturated heterocycles. The summed E-state index contributed by atoms with van der Waals surface area (Å²) in [7, 11) is 0. The van der Waals surface area contributed by atoms with Gasteiger partial charge in [-0.1, -0.05) is 34.6 Å². The van der Waals surface area contributed by atoms with Crippen molar-refractivity contribution in [3.8, 4) is 0 Å². The minimum Gasteiger partial charge on any atom is -0.352 e. The Morgan fingerprint density at radius 2 is 1.76 bits per heavy atom. The second-order valence-electron chi connectivity index (χ2n) is 6.67. The molecule has 3 N–H and O–H groups in total. The molecule has 0 heterocycles. The molecule has 1 saturated carbocycles. The monoisotopic (exact) mass is 240 g/mol. The largest absolute Gasteiger partial charge is 0.352 e. The van der Waals surface area contributed by atoms with E-state index in [1.165, 1.54) is 0 Å². The first-order valence-electron chi connectivity index (χ1n) is 6.73. The zero-order chi connectivity index (χ0) is 13.3. The summed E-state index contributed by atoms with van der Waals surface area (Å²) >= 11 is 0. The Kier molecular flexibility index (Phi) is 4.23. The highest BCUT2D eigenvalue weighted by molar-refractivity contribution is 5.77. The van der Waals surface area contributed by atoms with Crippen molar-refractivity contribution in [1.29, 1.82) is 0 Å². The Balaban J connectivity index is 2.28. The van der Waals surface area contributed by atoms with Crippen LogP contribution in [0.1, 0.15) is 53.9 Å². The summed E-state index contributed by atoms with van der Waals surface area (Å²) in [6.45, 7) is 11.7. The maximum atomic E-state index is 11.8. The van der Waals surface area contributed by atoms with Crippen LogP contribution in [0, 0.1) is 16.7 Å². The van der Waals surface area contributed by atoms with Crippen molar-refractivity contribution in [2.24, 2.45) is 22.5 Å². The lowest BCUT2D eigenvalue weighted by Gasteiger charge is -2.10. The fourth-order valence-electron chi connectivity index (χ4n) is 2.60.